The molecule has 0 aliphatic rings. The van der Waals surface area contributed by atoms with Crippen LogP contribution in [0.1, 0.15) is 0 Å². The topological polar surface area (TPSA) is 38.9 Å². The maximum atomic E-state index is 5.23. The minimum absolute atomic E-state index is 0. The second-order valence-electron chi connectivity index (χ2n) is 0.958. The van der Waals surface area contributed by atoms with Crippen molar-refractivity contribution in [2.24, 2.45) is 0 Å². The highest BCUT2D eigenvalue weighted by atomic mass is 35.5. The highest BCUT2D eigenvalue weighted by Crippen LogP contribution is 1.99. The SMILES string of the molecule is Cl.Cl.Nc1cnsc1. The van der Waals surface area contributed by atoms with Crippen molar-refractivity contribution in [1.82, 2.24) is 4.37 Å². The molecule has 1 rings (SSSR count). The Morgan fingerprint density at radius 1 is 1.50 bits per heavy atom. The molecule has 0 saturated heterocycles. The van der Waals surface area contributed by atoms with E-state index in [1.165, 1.54) is 11.5 Å². The summed E-state index contributed by atoms with van der Waals surface area (Å²) < 4.78 is 3.74. The molecule has 1 aromatic rings. The Balaban J connectivity index is 0. The van der Waals surface area contributed by atoms with Crippen LogP contribution in [-0.4, -0.2) is 4.37 Å². The van der Waals surface area contributed by atoms with Crippen LogP contribution in [-0.2, 0) is 0 Å². The van der Waals surface area contributed by atoms with Crippen LogP contribution >= 0.6 is 36.3 Å². The van der Waals surface area contributed by atoms with Crippen LogP contribution < -0.4 is 5.73 Å². The van der Waals surface area contributed by atoms with Gasteiger partial charge in [0, 0.05) is 5.38 Å². The lowest BCUT2D eigenvalue weighted by atomic mass is 10.6. The first-order valence-electron chi connectivity index (χ1n) is 1.54. The first kappa shape index (κ1) is 10.9. The molecule has 0 atom stereocenters. The number of nitrogens with two attached hydrogens (primary N) is 1. The van der Waals surface area contributed by atoms with E-state index in [1.807, 2.05) is 0 Å². The normalized spacial score (nSPS) is 6.50. The van der Waals surface area contributed by atoms with Gasteiger partial charge in [-0.3, -0.25) is 0 Å². The van der Waals surface area contributed by atoms with Crippen LogP contribution in [0.25, 0.3) is 0 Å². The van der Waals surface area contributed by atoms with Crippen LogP contribution in [0.4, 0.5) is 5.69 Å². The predicted octanol–water partition coefficient (Wildman–Crippen LogP) is 1.57. The molecule has 0 radical (unpaired) electrons. The van der Waals surface area contributed by atoms with Gasteiger partial charge in [0.25, 0.3) is 0 Å². The predicted molar refractivity (Wildman–Crippen MR) is 41.0 cm³/mol. The lowest BCUT2D eigenvalue weighted by Crippen LogP contribution is -1.75. The maximum absolute atomic E-state index is 5.23. The average molecular weight is 173 g/mol. The molecule has 0 saturated carbocycles. The fourth-order valence-electron chi connectivity index (χ4n) is 0.213. The number of nitrogen functional groups attached to an aromatic ring is 1. The van der Waals surface area contributed by atoms with Gasteiger partial charge in [0.05, 0.1) is 11.9 Å². The largest absolute Gasteiger partial charge is 0.397 e. The second kappa shape index (κ2) is 5.15. The Hall–Kier alpha value is 0.01000. The fourth-order valence-corrected chi connectivity index (χ4v) is 0.639. The van der Waals surface area contributed by atoms with Crippen molar-refractivity contribution >= 4 is 42.0 Å². The first-order chi connectivity index (χ1) is 2.89. The molecule has 8 heavy (non-hydrogen) atoms. The van der Waals surface area contributed by atoms with Gasteiger partial charge in [0.1, 0.15) is 0 Å². The number of halogens is 2. The lowest BCUT2D eigenvalue weighted by Gasteiger charge is -1.66. The molecular formula is C3H6Cl2N2S. The Kier molecular flexibility index (Phi) is 7.02. The van der Waals surface area contributed by atoms with Gasteiger partial charge in [-0.1, -0.05) is 0 Å². The smallest absolute Gasteiger partial charge is 0.0636 e. The molecule has 0 aromatic carbocycles. The quantitative estimate of drug-likeness (QED) is 0.646. The van der Waals surface area contributed by atoms with Crippen LogP contribution in [0.2, 0.25) is 0 Å². The van der Waals surface area contributed by atoms with Gasteiger partial charge in [-0.25, -0.2) is 0 Å². The molecule has 0 fully saturated rings. The monoisotopic (exact) mass is 172 g/mol. The van der Waals surface area contributed by atoms with Gasteiger partial charge in [-0.05, 0) is 11.5 Å². The van der Waals surface area contributed by atoms with Crippen molar-refractivity contribution in [3.63, 3.8) is 0 Å². The third kappa shape index (κ3) is 3.07. The third-order valence-electron chi connectivity index (χ3n) is 0.451. The zero-order chi connectivity index (χ0) is 4.41. The highest BCUT2D eigenvalue weighted by molar-refractivity contribution is 7.03. The van der Waals surface area contributed by atoms with E-state index in [-0.39, 0.29) is 24.8 Å². The molecule has 5 heteroatoms. The molecule has 48 valence electrons. The van der Waals surface area contributed by atoms with E-state index >= 15 is 0 Å². The van der Waals surface area contributed by atoms with Gasteiger partial charge >= 0.3 is 0 Å². The summed E-state index contributed by atoms with van der Waals surface area (Å²) in [4.78, 5) is 0. The number of hydrogen-bond acceptors (Lipinski definition) is 3. The van der Waals surface area contributed by atoms with E-state index < -0.39 is 0 Å². The summed E-state index contributed by atoms with van der Waals surface area (Å²) in [5.41, 5.74) is 5.98. The number of nitrogens with zero attached hydrogens (tertiary/aromatic N) is 1. The van der Waals surface area contributed by atoms with Crippen molar-refractivity contribution in [2.45, 2.75) is 0 Å². The van der Waals surface area contributed by atoms with Gasteiger partial charge in [0.2, 0.25) is 0 Å². The highest BCUT2D eigenvalue weighted by Gasteiger charge is 1.76. The first-order valence-corrected chi connectivity index (χ1v) is 2.38. The Morgan fingerprint density at radius 2 is 2.12 bits per heavy atom. The Bertz CT molecular complexity index is 119. The molecule has 0 aliphatic carbocycles. The summed E-state index contributed by atoms with van der Waals surface area (Å²) in [6.45, 7) is 0. The molecule has 2 N–H and O–H groups in total. The van der Waals surface area contributed by atoms with Crippen LogP contribution in [0.3, 0.4) is 0 Å². The van der Waals surface area contributed by atoms with Crippen molar-refractivity contribution in [3.05, 3.63) is 11.6 Å². The average Bonchev–Trinajstić information content (AvgIpc) is 1.86. The van der Waals surface area contributed by atoms with E-state index in [0.29, 0.717) is 0 Å². The van der Waals surface area contributed by atoms with E-state index in [1.54, 1.807) is 11.6 Å². The zero-order valence-corrected chi connectivity index (χ0v) is 6.35. The molecule has 1 heterocycles. The van der Waals surface area contributed by atoms with Gasteiger partial charge in [-0.15, -0.1) is 24.8 Å². The molecule has 0 bridgehead atoms. The summed E-state index contributed by atoms with van der Waals surface area (Å²) in [6, 6.07) is 0. The molecule has 0 unspecified atom stereocenters. The van der Waals surface area contributed by atoms with Crippen molar-refractivity contribution < 1.29 is 0 Å². The fraction of sp³-hybridized carbons (Fsp3) is 0. The molecule has 0 spiro atoms. The summed E-state index contributed by atoms with van der Waals surface area (Å²) >= 11 is 1.36. The van der Waals surface area contributed by atoms with Gasteiger partial charge in [-0.2, -0.15) is 4.37 Å². The summed E-state index contributed by atoms with van der Waals surface area (Å²) in [6.07, 6.45) is 1.63. The minimum atomic E-state index is 0. The van der Waals surface area contributed by atoms with Crippen LogP contribution in [0.5, 0.6) is 0 Å². The Morgan fingerprint density at radius 3 is 2.25 bits per heavy atom. The van der Waals surface area contributed by atoms with Crippen LogP contribution in [0, 0.1) is 0 Å². The van der Waals surface area contributed by atoms with Crippen LogP contribution in [0.15, 0.2) is 11.6 Å². The molecular weight excluding hydrogens is 167 g/mol. The molecule has 0 aliphatic heterocycles. The number of hydrogen-bond donors (Lipinski definition) is 1. The van der Waals surface area contributed by atoms with Crippen molar-refractivity contribution in [1.29, 1.82) is 0 Å². The summed E-state index contributed by atoms with van der Waals surface area (Å²) in [7, 11) is 0. The molecule has 2 nitrogen and oxygen atoms in total. The van der Waals surface area contributed by atoms with Gasteiger partial charge in [0.15, 0.2) is 0 Å². The second-order valence-corrected chi connectivity index (χ2v) is 1.62. The number of rotatable bonds is 0. The molecule has 0 amide bonds. The molecule has 1 aromatic heterocycles. The van der Waals surface area contributed by atoms with Crippen molar-refractivity contribution in [3.8, 4) is 0 Å². The van der Waals surface area contributed by atoms with Gasteiger partial charge < -0.3 is 5.73 Å². The number of anilines is 1. The minimum Gasteiger partial charge on any atom is -0.397 e. The van der Waals surface area contributed by atoms with Crippen molar-refractivity contribution in [2.75, 3.05) is 5.73 Å². The summed E-state index contributed by atoms with van der Waals surface area (Å²) in [5, 5.41) is 1.79. The third-order valence-corrected chi connectivity index (χ3v) is 1.06. The lowest BCUT2D eigenvalue weighted by molar-refractivity contribution is 1.58. The van der Waals surface area contributed by atoms with E-state index in [9.17, 15) is 0 Å². The maximum Gasteiger partial charge on any atom is 0.0636 e. The summed E-state index contributed by atoms with van der Waals surface area (Å²) in [5.74, 6) is 0. The standard InChI is InChI=1S/C3H4N2S.2ClH/c4-3-1-5-6-2-3;;/h1-2H,4H2;2*1H. The van der Waals surface area contributed by atoms with E-state index in [4.69, 9.17) is 5.73 Å². The van der Waals surface area contributed by atoms with E-state index in [0.717, 1.165) is 5.69 Å². The number of aromatic nitrogens is 1. The van der Waals surface area contributed by atoms with E-state index in [2.05, 4.69) is 4.37 Å². The zero-order valence-electron chi connectivity index (χ0n) is 3.90. The Labute approximate surface area is 64.1 Å².